The van der Waals surface area contributed by atoms with Crippen LogP contribution in [0.3, 0.4) is 0 Å². The van der Waals surface area contributed by atoms with E-state index in [9.17, 15) is 0 Å². The number of hydrogen-bond donors (Lipinski definition) is 1. The van der Waals surface area contributed by atoms with E-state index in [4.69, 9.17) is 16.4 Å². The van der Waals surface area contributed by atoms with Crippen molar-refractivity contribution in [2.45, 2.75) is 26.4 Å². The first kappa shape index (κ1) is 12.3. The summed E-state index contributed by atoms with van der Waals surface area (Å²) in [5.74, 6) is 0. The molecule has 0 aliphatic heterocycles. The Bertz CT molecular complexity index is 198. The highest BCUT2D eigenvalue weighted by molar-refractivity contribution is 6.29. The summed E-state index contributed by atoms with van der Waals surface area (Å²) in [5.41, 5.74) is -0.260. The Hall–Kier alpha value is -0.740. The molecule has 0 fully saturated rings. The third-order valence-electron chi connectivity index (χ3n) is 0.847. The minimum atomic E-state index is -0.260. The standard InChI is InChI=1S/C8H16ClN3O/c1-7(9)10-6-11-12(5)13-8(2,3)4/h6H,1H2,2-5H3,(H,10,11). The molecule has 0 rings (SSSR count). The van der Waals surface area contributed by atoms with Crippen molar-refractivity contribution in [3.05, 3.63) is 11.7 Å². The molecule has 13 heavy (non-hydrogen) atoms. The van der Waals surface area contributed by atoms with Gasteiger partial charge in [-0.15, -0.1) is 5.10 Å². The third kappa shape index (κ3) is 9.17. The van der Waals surface area contributed by atoms with E-state index in [0.29, 0.717) is 5.16 Å². The number of hydrazone groups is 1. The first-order valence-corrected chi connectivity index (χ1v) is 4.25. The van der Waals surface area contributed by atoms with Gasteiger partial charge in [0, 0.05) is 0 Å². The normalized spacial score (nSPS) is 11.8. The van der Waals surface area contributed by atoms with Crippen molar-refractivity contribution in [1.82, 2.24) is 10.5 Å². The average Bonchev–Trinajstić information content (AvgIpc) is 1.81. The van der Waals surface area contributed by atoms with Crippen LogP contribution in [0.1, 0.15) is 20.8 Å². The molecule has 0 aliphatic carbocycles. The number of nitrogens with one attached hydrogen (secondary N) is 1. The van der Waals surface area contributed by atoms with Gasteiger partial charge in [0.25, 0.3) is 0 Å². The Morgan fingerprint density at radius 3 is 2.54 bits per heavy atom. The zero-order valence-corrected chi connectivity index (χ0v) is 9.22. The van der Waals surface area contributed by atoms with Crippen LogP contribution in [0.25, 0.3) is 0 Å². The summed E-state index contributed by atoms with van der Waals surface area (Å²) in [6.45, 7) is 9.24. The molecular formula is C8H16ClN3O. The molecule has 0 unspecified atom stereocenters. The van der Waals surface area contributed by atoms with E-state index in [-0.39, 0.29) is 5.60 Å². The highest BCUT2D eigenvalue weighted by Crippen LogP contribution is 2.08. The second kappa shape index (κ2) is 5.09. The maximum atomic E-state index is 5.44. The van der Waals surface area contributed by atoms with Crippen molar-refractivity contribution in [3.63, 3.8) is 0 Å². The zero-order chi connectivity index (χ0) is 10.5. The fourth-order valence-corrected chi connectivity index (χ4v) is 0.649. The molecule has 4 nitrogen and oxygen atoms in total. The van der Waals surface area contributed by atoms with Crippen molar-refractivity contribution in [2.24, 2.45) is 5.10 Å². The summed E-state index contributed by atoms with van der Waals surface area (Å²) in [6, 6.07) is 0. The predicted molar refractivity (Wildman–Crippen MR) is 55.2 cm³/mol. The maximum Gasteiger partial charge on any atom is 0.116 e. The van der Waals surface area contributed by atoms with Crippen LogP contribution in [0, 0.1) is 0 Å². The molecule has 1 N–H and O–H groups in total. The summed E-state index contributed by atoms with van der Waals surface area (Å²) in [5, 5.41) is 8.17. The van der Waals surface area contributed by atoms with Gasteiger partial charge in [0.15, 0.2) is 0 Å². The van der Waals surface area contributed by atoms with E-state index in [2.05, 4.69) is 17.0 Å². The molecule has 0 bridgehead atoms. The summed E-state index contributed by atoms with van der Waals surface area (Å²) in [4.78, 5) is 5.34. The molecule has 0 amide bonds. The topological polar surface area (TPSA) is 36.9 Å². The van der Waals surface area contributed by atoms with Crippen LogP contribution in [-0.2, 0) is 4.84 Å². The van der Waals surface area contributed by atoms with Crippen LogP contribution in [0.2, 0.25) is 0 Å². The number of nitrogens with zero attached hydrogens (tertiary/aromatic N) is 2. The van der Waals surface area contributed by atoms with Gasteiger partial charge in [-0.1, -0.05) is 18.2 Å². The number of hydroxylamine groups is 1. The molecule has 0 aromatic heterocycles. The van der Waals surface area contributed by atoms with Gasteiger partial charge in [0.1, 0.15) is 6.34 Å². The lowest BCUT2D eigenvalue weighted by Gasteiger charge is -2.23. The monoisotopic (exact) mass is 205 g/mol. The Morgan fingerprint density at radius 2 is 2.15 bits per heavy atom. The van der Waals surface area contributed by atoms with Crippen LogP contribution in [-0.4, -0.2) is 24.2 Å². The van der Waals surface area contributed by atoms with Gasteiger partial charge in [-0.2, -0.15) is 5.17 Å². The Balaban J connectivity index is 3.80. The van der Waals surface area contributed by atoms with E-state index in [0.717, 1.165) is 0 Å². The molecule has 0 radical (unpaired) electrons. The number of rotatable bonds is 4. The van der Waals surface area contributed by atoms with Gasteiger partial charge < -0.3 is 5.32 Å². The number of halogens is 1. The zero-order valence-electron chi connectivity index (χ0n) is 8.47. The van der Waals surface area contributed by atoms with Crippen molar-refractivity contribution in [3.8, 4) is 0 Å². The quantitative estimate of drug-likeness (QED) is 0.330. The molecule has 0 aromatic rings. The largest absolute Gasteiger partial charge is 0.336 e. The van der Waals surface area contributed by atoms with Gasteiger partial charge in [-0.3, -0.25) is 4.84 Å². The molecule has 0 aliphatic rings. The van der Waals surface area contributed by atoms with E-state index in [1.807, 2.05) is 20.8 Å². The smallest absolute Gasteiger partial charge is 0.116 e. The van der Waals surface area contributed by atoms with Gasteiger partial charge in [-0.25, -0.2) is 0 Å². The van der Waals surface area contributed by atoms with Gasteiger partial charge >= 0.3 is 0 Å². The van der Waals surface area contributed by atoms with Crippen molar-refractivity contribution >= 4 is 17.9 Å². The van der Waals surface area contributed by atoms with Crippen molar-refractivity contribution in [1.29, 1.82) is 0 Å². The van der Waals surface area contributed by atoms with Crippen LogP contribution in [0.15, 0.2) is 16.8 Å². The van der Waals surface area contributed by atoms with Gasteiger partial charge in [0.2, 0.25) is 0 Å². The third-order valence-corrected chi connectivity index (χ3v) is 0.957. The molecule has 0 atom stereocenters. The first-order valence-electron chi connectivity index (χ1n) is 3.87. The summed E-state index contributed by atoms with van der Waals surface area (Å²) >= 11 is 5.44. The molecule has 0 heterocycles. The first-order chi connectivity index (χ1) is 5.81. The van der Waals surface area contributed by atoms with Crippen molar-refractivity contribution < 1.29 is 4.84 Å². The van der Waals surface area contributed by atoms with Crippen LogP contribution in [0.4, 0.5) is 0 Å². The Morgan fingerprint density at radius 1 is 1.62 bits per heavy atom. The Labute approximate surface area is 84.2 Å². The SMILES string of the molecule is C=C(Cl)N/C=N\N(C)OC(C)(C)C. The lowest BCUT2D eigenvalue weighted by atomic mass is 10.2. The highest BCUT2D eigenvalue weighted by Gasteiger charge is 2.12. The van der Waals surface area contributed by atoms with Gasteiger partial charge in [0.05, 0.1) is 17.8 Å². The van der Waals surface area contributed by atoms with Crippen molar-refractivity contribution in [2.75, 3.05) is 7.05 Å². The van der Waals surface area contributed by atoms with E-state index in [1.165, 1.54) is 11.5 Å². The average molecular weight is 206 g/mol. The second-order valence-corrected chi connectivity index (χ2v) is 3.92. The summed E-state index contributed by atoms with van der Waals surface area (Å²) in [7, 11) is 1.69. The van der Waals surface area contributed by atoms with Crippen LogP contribution < -0.4 is 5.32 Å². The van der Waals surface area contributed by atoms with E-state index in [1.54, 1.807) is 7.05 Å². The molecule has 5 heteroatoms. The molecule has 76 valence electrons. The lowest BCUT2D eigenvalue weighted by Crippen LogP contribution is -2.28. The molecule has 0 spiro atoms. The lowest BCUT2D eigenvalue weighted by molar-refractivity contribution is -0.213. The fraction of sp³-hybridized carbons (Fsp3) is 0.625. The minimum Gasteiger partial charge on any atom is -0.336 e. The van der Waals surface area contributed by atoms with E-state index < -0.39 is 0 Å². The van der Waals surface area contributed by atoms with Gasteiger partial charge in [-0.05, 0) is 20.8 Å². The predicted octanol–water partition coefficient (Wildman–Crippen LogP) is 1.89. The van der Waals surface area contributed by atoms with Crippen LogP contribution >= 0.6 is 11.6 Å². The summed E-state index contributed by atoms with van der Waals surface area (Å²) in [6.07, 6.45) is 1.40. The number of hydrogen-bond acceptors (Lipinski definition) is 3. The minimum absolute atomic E-state index is 0.260. The highest BCUT2D eigenvalue weighted by atomic mass is 35.5. The maximum absolute atomic E-state index is 5.44. The van der Waals surface area contributed by atoms with E-state index >= 15 is 0 Å². The Kier molecular flexibility index (Phi) is 4.80. The molecule has 0 aromatic carbocycles. The molecule has 0 saturated heterocycles. The molecule has 0 saturated carbocycles. The summed E-state index contributed by atoms with van der Waals surface area (Å²) < 4.78 is 0. The second-order valence-electron chi connectivity index (χ2n) is 3.46. The molecular weight excluding hydrogens is 190 g/mol. The fourth-order valence-electron chi connectivity index (χ4n) is 0.600. The van der Waals surface area contributed by atoms with Crippen LogP contribution in [0.5, 0.6) is 0 Å².